The van der Waals surface area contributed by atoms with Crippen LogP contribution < -0.4 is 10.9 Å². The molecule has 1 aromatic heterocycles. The molecule has 0 unspecified atom stereocenters. The van der Waals surface area contributed by atoms with E-state index in [0.29, 0.717) is 0 Å². The fourth-order valence-electron chi connectivity index (χ4n) is 4.86. The predicted octanol–water partition coefficient (Wildman–Crippen LogP) is 7.37. The van der Waals surface area contributed by atoms with Crippen molar-refractivity contribution in [3.63, 3.8) is 0 Å². The molecule has 0 amide bonds. The molecule has 5 aromatic rings. The molecule has 0 saturated carbocycles. The number of hydrazine groups is 1. The van der Waals surface area contributed by atoms with E-state index >= 15 is 0 Å². The molecule has 2 nitrogen and oxygen atoms in total. The van der Waals surface area contributed by atoms with Gasteiger partial charge >= 0.3 is 0 Å². The van der Waals surface area contributed by atoms with Crippen LogP contribution in [-0.2, 0) is 5.41 Å². The third-order valence-corrected chi connectivity index (χ3v) is 7.64. The van der Waals surface area contributed by atoms with Crippen LogP contribution in [-0.4, -0.2) is 0 Å². The van der Waals surface area contributed by atoms with E-state index in [2.05, 4.69) is 98.8 Å². The van der Waals surface area contributed by atoms with Crippen LogP contribution in [0.5, 0.6) is 0 Å². The topological polar surface area (TPSA) is 29.3 Å². The first-order chi connectivity index (χ1) is 14.5. The Balaban J connectivity index is 1.46. The summed E-state index contributed by atoms with van der Waals surface area (Å²) in [7, 11) is 0. The summed E-state index contributed by atoms with van der Waals surface area (Å²) in [6, 6.07) is 30.4. The van der Waals surface area contributed by atoms with E-state index in [1.807, 2.05) is 16.3 Å². The van der Waals surface area contributed by atoms with Crippen LogP contribution in [0.25, 0.3) is 31.3 Å². The number of hydrogen-bond donors (Lipinski definition) is 1. The van der Waals surface area contributed by atoms with Gasteiger partial charge in [-0.3, -0.25) is 5.01 Å². The number of thiophene rings is 1. The highest BCUT2D eigenvalue weighted by Crippen LogP contribution is 2.49. The molecule has 0 radical (unpaired) electrons. The van der Waals surface area contributed by atoms with Crippen LogP contribution in [0.15, 0.2) is 84.9 Å². The first-order valence-corrected chi connectivity index (χ1v) is 11.1. The van der Waals surface area contributed by atoms with Crippen LogP contribution in [0, 0.1) is 0 Å². The van der Waals surface area contributed by atoms with Crippen molar-refractivity contribution in [3.05, 3.63) is 96.1 Å². The summed E-state index contributed by atoms with van der Waals surface area (Å²) in [5.41, 5.74) is 7.33. The minimum Gasteiger partial charge on any atom is -0.280 e. The van der Waals surface area contributed by atoms with E-state index < -0.39 is 0 Å². The maximum atomic E-state index is 6.64. The molecule has 3 heteroatoms. The number of hydrogen-bond acceptors (Lipinski definition) is 3. The maximum absolute atomic E-state index is 6.64. The second kappa shape index (κ2) is 6.18. The molecule has 0 aliphatic heterocycles. The van der Waals surface area contributed by atoms with E-state index in [-0.39, 0.29) is 5.41 Å². The van der Waals surface area contributed by atoms with Crippen molar-refractivity contribution in [1.29, 1.82) is 0 Å². The van der Waals surface area contributed by atoms with E-state index in [1.54, 1.807) is 0 Å². The first-order valence-electron chi connectivity index (χ1n) is 10.2. The Hall–Kier alpha value is -3.14. The summed E-state index contributed by atoms with van der Waals surface area (Å²) in [5, 5.41) is 4.36. The van der Waals surface area contributed by atoms with Gasteiger partial charge in [0.05, 0.1) is 11.4 Å². The second-order valence-corrected chi connectivity index (χ2v) is 9.63. The van der Waals surface area contributed by atoms with Crippen LogP contribution in [0.4, 0.5) is 11.4 Å². The number of anilines is 2. The zero-order valence-corrected chi connectivity index (χ0v) is 17.8. The molecule has 4 aromatic carbocycles. The Kier molecular flexibility index (Phi) is 3.64. The molecule has 2 N–H and O–H groups in total. The van der Waals surface area contributed by atoms with Crippen LogP contribution in [0.1, 0.15) is 25.0 Å². The van der Waals surface area contributed by atoms with Gasteiger partial charge in [0.1, 0.15) is 0 Å². The molecule has 0 saturated heterocycles. The van der Waals surface area contributed by atoms with Crippen molar-refractivity contribution in [3.8, 4) is 11.1 Å². The van der Waals surface area contributed by atoms with Gasteiger partial charge in [0.15, 0.2) is 0 Å². The number of rotatable bonds is 2. The summed E-state index contributed by atoms with van der Waals surface area (Å²) in [6.07, 6.45) is 0. The van der Waals surface area contributed by atoms with Crippen molar-refractivity contribution in [2.75, 3.05) is 5.01 Å². The van der Waals surface area contributed by atoms with E-state index in [4.69, 9.17) is 5.84 Å². The predicted molar refractivity (Wildman–Crippen MR) is 130 cm³/mol. The van der Waals surface area contributed by atoms with Gasteiger partial charge in [-0.25, -0.2) is 5.84 Å². The third kappa shape index (κ3) is 2.40. The molecular formula is C27H22N2S. The van der Waals surface area contributed by atoms with Crippen molar-refractivity contribution in [1.82, 2.24) is 0 Å². The zero-order valence-electron chi connectivity index (χ0n) is 17.0. The summed E-state index contributed by atoms with van der Waals surface area (Å²) in [5.74, 6) is 6.64. The molecule has 6 rings (SSSR count). The third-order valence-electron chi connectivity index (χ3n) is 6.48. The van der Waals surface area contributed by atoms with Gasteiger partial charge in [0.25, 0.3) is 0 Å². The van der Waals surface area contributed by atoms with Crippen LogP contribution in [0.2, 0.25) is 0 Å². The lowest BCUT2D eigenvalue weighted by Crippen LogP contribution is -2.25. The van der Waals surface area contributed by atoms with Gasteiger partial charge in [-0.05, 0) is 58.7 Å². The summed E-state index contributed by atoms with van der Waals surface area (Å²) in [4.78, 5) is 0. The second-order valence-electron chi connectivity index (χ2n) is 8.55. The number of benzene rings is 4. The number of nitrogens with zero attached hydrogens (tertiary/aromatic N) is 1. The smallest absolute Gasteiger partial charge is 0.0582 e. The molecule has 30 heavy (non-hydrogen) atoms. The lowest BCUT2D eigenvalue weighted by atomic mass is 9.82. The molecule has 0 spiro atoms. The lowest BCUT2D eigenvalue weighted by molar-refractivity contribution is 0.660. The molecular weight excluding hydrogens is 384 g/mol. The number of nitrogens with two attached hydrogens (primary N) is 1. The summed E-state index contributed by atoms with van der Waals surface area (Å²) in [6.45, 7) is 4.59. The van der Waals surface area contributed by atoms with E-state index in [9.17, 15) is 0 Å². The standard InChI is InChI=1S/C27H22N2S/c1-27(2)23-9-5-3-7-19(23)20-13-11-18(16-24(20)27)29(28)17-12-14-26-22(15-17)21-8-4-6-10-25(21)30-26/h3-16H,28H2,1-2H3. The Labute approximate surface area is 180 Å². The van der Waals surface area contributed by atoms with E-state index in [0.717, 1.165) is 11.4 Å². The molecule has 1 aliphatic rings. The highest BCUT2D eigenvalue weighted by atomic mass is 32.1. The molecule has 0 fully saturated rings. The quantitative estimate of drug-likeness (QED) is 0.245. The first kappa shape index (κ1) is 17.7. The van der Waals surface area contributed by atoms with Gasteiger partial charge in [-0.2, -0.15) is 0 Å². The summed E-state index contributed by atoms with van der Waals surface area (Å²) >= 11 is 1.83. The fraction of sp³-hybridized carbons (Fsp3) is 0.111. The minimum absolute atomic E-state index is 0.0315. The molecule has 0 bridgehead atoms. The fourth-order valence-corrected chi connectivity index (χ4v) is 5.94. The highest BCUT2D eigenvalue weighted by Gasteiger charge is 2.35. The van der Waals surface area contributed by atoms with Crippen molar-refractivity contribution >= 4 is 42.9 Å². The largest absolute Gasteiger partial charge is 0.280 e. The van der Waals surface area contributed by atoms with Gasteiger partial charge < -0.3 is 0 Å². The highest BCUT2D eigenvalue weighted by molar-refractivity contribution is 7.25. The monoisotopic (exact) mass is 406 g/mol. The Morgan fingerprint density at radius 1 is 0.667 bits per heavy atom. The lowest BCUT2D eigenvalue weighted by Gasteiger charge is -2.24. The van der Waals surface area contributed by atoms with Crippen LogP contribution in [0.3, 0.4) is 0 Å². The van der Waals surface area contributed by atoms with Crippen molar-refractivity contribution in [2.45, 2.75) is 19.3 Å². The molecule has 0 atom stereocenters. The average Bonchev–Trinajstić information content (AvgIpc) is 3.26. The van der Waals surface area contributed by atoms with Crippen LogP contribution >= 0.6 is 11.3 Å². The average molecular weight is 407 g/mol. The Morgan fingerprint density at radius 3 is 2.23 bits per heavy atom. The molecule has 1 heterocycles. The van der Waals surface area contributed by atoms with Gasteiger partial charge in [0, 0.05) is 25.6 Å². The van der Waals surface area contributed by atoms with Crippen molar-refractivity contribution < 1.29 is 0 Å². The number of fused-ring (bicyclic) bond motifs is 6. The SMILES string of the molecule is CC1(C)c2ccccc2-c2ccc(N(N)c3ccc4sc5ccccc5c4c3)cc21. The van der Waals surface area contributed by atoms with Crippen molar-refractivity contribution in [2.24, 2.45) is 5.84 Å². The van der Waals surface area contributed by atoms with Gasteiger partial charge in [-0.15, -0.1) is 11.3 Å². The molecule has 1 aliphatic carbocycles. The maximum Gasteiger partial charge on any atom is 0.0582 e. The Morgan fingerprint density at radius 2 is 1.33 bits per heavy atom. The molecule has 146 valence electrons. The van der Waals surface area contributed by atoms with Gasteiger partial charge in [-0.1, -0.05) is 62.4 Å². The summed E-state index contributed by atoms with van der Waals surface area (Å²) < 4.78 is 2.60. The minimum atomic E-state index is -0.0315. The Bertz CT molecular complexity index is 1440. The zero-order chi connectivity index (χ0) is 20.5. The van der Waals surface area contributed by atoms with Gasteiger partial charge in [0.2, 0.25) is 0 Å². The van der Waals surface area contributed by atoms with E-state index in [1.165, 1.54) is 42.4 Å². The normalized spacial score (nSPS) is 14.1.